The predicted octanol–water partition coefficient (Wildman–Crippen LogP) is 7.56. The number of pyridine rings is 1. The van der Waals surface area contributed by atoms with Crippen molar-refractivity contribution < 1.29 is 0 Å². The fraction of sp³-hybridized carbons (Fsp3) is 0.0755. The fourth-order valence-corrected chi connectivity index (χ4v) is 16.2. The van der Waals surface area contributed by atoms with Gasteiger partial charge in [0, 0.05) is 40.0 Å². The van der Waals surface area contributed by atoms with E-state index in [1.54, 1.807) is 0 Å². The Morgan fingerprint density at radius 1 is 0.517 bits per heavy atom. The molecule has 7 aromatic carbocycles. The summed E-state index contributed by atoms with van der Waals surface area (Å²) in [5, 5.41) is 7.09. The first-order valence-corrected chi connectivity index (χ1v) is 22.7. The summed E-state index contributed by atoms with van der Waals surface area (Å²) in [5.41, 5.74) is 15.6. The number of aryl methyl sites for hydroxylation is 1. The van der Waals surface area contributed by atoms with Crippen LogP contribution in [-0.4, -0.2) is 24.3 Å². The lowest BCUT2D eigenvalue weighted by Gasteiger charge is -2.47. The molecule has 274 valence electrons. The largest absolute Gasteiger partial charge is 0.313 e. The zero-order valence-corrected chi connectivity index (χ0v) is 33.2. The second-order valence-electron chi connectivity index (χ2n) is 16.1. The summed E-state index contributed by atoms with van der Waals surface area (Å²) in [6.07, 6.45) is 6.65. The van der Waals surface area contributed by atoms with E-state index in [1.807, 2.05) is 12.3 Å². The number of rotatable bonds is 5. The van der Waals surface area contributed by atoms with Crippen molar-refractivity contribution in [3.63, 3.8) is 0 Å². The lowest BCUT2D eigenvalue weighted by atomic mass is 9.34. The number of benzene rings is 7. The van der Waals surface area contributed by atoms with Crippen LogP contribution < -0.4 is 42.0 Å². The van der Waals surface area contributed by atoms with Crippen molar-refractivity contribution in [3.8, 4) is 16.9 Å². The van der Waals surface area contributed by atoms with Crippen LogP contribution in [0.4, 0.5) is 17.1 Å². The average Bonchev–Trinajstić information content (AvgIpc) is 3.64. The molecule has 3 aliphatic rings. The molecule has 0 amide bonds. The molecule has 0 fully saturated rings. The standard InChI is InChI=1S/C53H40BN3Si/c1-4-17-38(18-5-1)56-49-33-31-39(57-47-26-12-10-23-42(47)43-24-11-13-27-48(43)57)36-45(49)54-44-32-30-37(46-25-14-15-34-55-46)35-52(44)58(40-19-6-2-7-20-40,41-21-8-3-9-22-41)51-29-16-28-50(56)53(51)54/h1-10,12,14-23,25-26,28-36H,11,13,24,27H2. The molecule has 0 unspecified atom stereocenters. The van der Waals surface area contributed by atoms with E-state index in [1.165, 1.54) is 94.9 Å². The Morgan fingerprint density at radius 3 is 2.02 bits per heavy atom. The quantitative estimate of drug-likeness (QED) is 0.169. The molecule has 0 bridgehead atoms. The summed E-state index contributed by atoms with van der Waals surface area (Å²) >= 11 is 0. The van der Waals surface area contributed by atoms with Gasteiger partial charge < -0.3 is 9.47 Å². The van der Waals surface area contributed by atoms with Crippen LogP contribution in [0.25, 0.3) is 27.8 Å². The summed E-state index contributed by atoms with van der Waals surface area (Å²) in [6.45, 7) is 0.0274. The van der Waals surface area contributed by atoms with Gasteiger partial charge in [-0.2, -0.15) is 0 Å². The molecule has 4 heterocycles. The van der Waals surface area contributed by atoms with Crippen molar-refractivity contribution in [2.75, 3.05) is 4.90 Å². The van der Waals surface area contributed by atoms with Crippen LogP contribution in [-0.2, 0) is 12.8 Å². The normalized spacial score (nSPS) is 14.7. The Bertz CT molecular complexity index is 2980. The van der Waals surface area contributed by atoms with Crippen molar-refractivity contribution >= 4 is 79.9 Å². The minimum atomic E-state index is -2.93. The molecule has 5 heteroatoms. The van der Waals surface area contributed by atoms with Gasteiger partial charge in [0.2, 0.25) is 6.71 Å². The van der Waals surface area contributed by atoms with Gasteiger partial charge in [0.05, 0.1) is 11.2 Å². The predicted molar refractivity (Wildman–Crippen MR) is 246 cm³/mol. The molecule has 2 aliphatic heterocycles. The first-order chi connectivity index (χ1) is 28.8. The van der Waals surface area contributed by atoms with E-state index >= 15 is 0 Å². The first kappa shape index (κ1) is 33.5. The molecule has 0 saturated carbocycles. The third-order valence-electron chi connectivity index (χ3n) is 13.2. The molecular weight excluding hydrogens is 718 g/mol. The van der Waals surface area contributed by atoms with Gasteiger partial charge in [-0.1, -0.05) is 139 Å². The van der Waals surface area contributed by atoms with Gasteiger partial charge in [0.1, 0.15) is 0 Å². The highest BCUT2D eigenvalue weighted by Gasteiger charge is 2.53. The van der Waals surface area contributed by atoms with E-state index in [0.29, 0.717) is 0 Å². The van der Waals surface area contributed by atoms with Gasteiger partial charge in [0.25, 0.3) is 0 Å². The number of nitrogens with zero attached hydrogens (tertiary/aromatic N) is 3. The number of fused-ring (bicyclic) bond motifs is 7. The minimum Gasteiger partial charge on any atom is -0.313 e. The Morgan fingerprint density at radius 2 is 1.24 bits per heavy atom. The highest BCUT2D eigenvalue weighted by atomic mass is 28.3. The van der Waals surface area contributed by atoms with Gasteiger partial charge >= 0.3 is 0 Å². The van der Waals surface area contributed by atoms with Crippen molar-refractivity contribution in [2.45, 2.75) is 25.7 Å². The monoisotopic (exact) mass is 757 g/mol. The van der Waals surface area contributed by atoms with Crippen LogP contribution in [0.3, 0.4) is 0 Å². The summed E-state index contributed by atoms with van der Waals surface area (Å²) in [7, 11) is -2.93. The molecule has 0 radical (unpaired) electrons. The van der Waals surface area contributed by atoms with Crippen LogP contribution >= 0.6 is 0 Å². The second kappa shape index (κ2) is 13.2. The molecule has 0 N–H and O–H groups in total. The van der Waals surface area contributed by atoms with E-state index in [4.69, 9.17) is 4.98 Å². The summed E-state index contributed by atoms with van der Waals surface area (Å²) in [6, 6.07) is 70.9. The average molecular weight is 758 g/mol. The lowest BCUT2D eigenvalue weighted by Crippen LogP contribution is -2.87. The maximum absolute atomic E-state index is 4.89. The van der Waals surface area contributed by atoms with E-state index in [9.17, 15) is 0 Å². The maximum Gasteiger partial charge on any atom is 0.246 e. The SMILES string of the molecule is c1ccc(N2c3ccc(-n4c5c(c6ccccc64)CCCC5)cc3B3c4ccc(-c5ccccn5)cc4[Si](c4ccccc4)(c4ccccc4)c4cccc2c43)cc1. The summed E-state index contributed by atoms with van der Waals surface area (Å²) in [4.78, 5) is 7.43. The Kier molecular flexibility index (Phi) is 7.61. The third kappa shape index (κ3) is 4.77. The molecule has 0 spiro atoms. The van der Waals surface area contributed by atoms with E-state index in [2.05, 4.69) is 191 Å². The van der Waals surface area contributed by atoms with Crippen LogP contribution in [0.2, 0.25) is 0 Å². The molecule has 0 saturated heterocycles. The molecule has 3 nitrogen and oxygen atoms in total. The van der Waals surface area contributed by atoms with Gasteiger partial charge in [-0.05, 0) is 123 Å². The van der Waals surface area contributed by atoms with Crippen LogP contribution in [0.1, 0.15) is 24.1 Å². The van der Waals surface area contributed by atoms with E-state index in [-0.39, 0.29) is 6.71 Å². The topological polar surface area (TPSA) is 21.1 Å². The highest BCUT2D eigenvalue weighted by Crippen LogP contribution is 2.39. The molecule has 2 aromatic heterocycles. The molecule has 0 atom stereocenters. The Hall–Kier alpha value is -6.69. The molecule has 58 heavy (non-hydrogen) atoms. The molecule has 12 rings (SSSR count). The van der Waals surface area contributed by atoms with Gasteiger partial charge in [-0.3, -0.25) is 4.98 Å². The van der Waals surface area contributed by atoms with Crippen LogP contribution in [0.15, 0.2) is 194 Å². The fourth-order valence-electron chi connectivity index (χ4n) is 10.9. The van der Waals surface area contributed by atoms with Gasteiger partial charge in [0.15, 0.2) is 8.07 Å². The van der Waals surface area contributed by atoms with Crippen LogP contribution in [0.5, 0.6) is 0 Å². The minimum absolute atomic E-state index is 0.0274. The molecule has 1 aliphatic carbocycles. The number of hydrogen-bond acceptors (Lipinski definition) is 2. The zero-order valence-electron chi connectivity index (χ0n) is 32.2. The van der Waals surface area contributed by atoms with Crippen molar-refractivity contribution in [3.05, 3.63) is 206 Å². The van der Waals surface area contributed by atoms with Crippen molar-refractivity contribution in [1.82, 2.24) is 9.55 Å². The lowest BCUT2D eigenvalue weighted by molar-refractivity contribution is 0.667. The number of anilines is 3. The first-order valence-electron chi connectivity index (χ1n) is 20.7. The van der Waals surface area contributed by atoms with E-state index < -0.39 is 8.07 Å². The second-order valence-corrected chi connectivity index (χ2v) is 19.8. The maximum atomic E-state index is 4.89. The zero-order chi connectivity index (χ0) is 38.2. The van der Waals surface area contributed by atoms with Crippen molar-refractivity contribution in [2.24, 2.45) is 0 Å². The van der Waals surface area contributed by atoms with Crippen LogP contribution in [0, 0.1) is 0 Å². The molecule has 9 aromatic rings. The number of aromatic nitrogens is 2. The summed E-state index contributed by atoms with van der Waals surface area (Å²) in [5.74, 6) is 0. The van der Waals surface area contributed by atoms with E-state index in [0.717, 1.165) is 24.1 Å². The number of hydrogen-bond donors (Lipinski definition) is 0. The third-order valence-corrected chi connectivity index (χ3v) is 18.1. The smallest absolute Gasteiger partial charge is 0.246 e. The molecular formula is C53H40BN3Si. The van der Waals surface area contributed by atoms with Gasteiger partial charge in [-0.15, -0.1) is 0 Å². The Balaban J connectivity index is 1.21. The number of para-hydroxylation sites is 2. The summed E-state index contributed by atoms with van der Waals surface area (Å²) < 4.78 is 2.60. The highest BCUT2D eigenvalue weighted by molar-refractivity contribution is 7.26. The van der Waals surface area contributed by atoms with Gasteiger partial charge in [-0.25, -0.2) is 0 Å². The van der Waals surface area contributed by atoms with Crippen molar-refractivity contribution in [1.29, 1.82) is 0 Å². The Labute approximate surface area is 341 Å².